The molecule has 0 spiro atoms. The number of hydrogen-bond acceptors (Lipinski definition) is 3. The SMILES string of the molecule is CC(=O)N1CCN(c2ccc(Cl)cc2N=C(N)CCl)CC1. The molecule has 0 unspecified atom stereocenters. The molecule has 0 saturated carbocycles. The fourth-order valence-electron chi connectivity index (χ4n) is 2.30. The van der Waals surface area contributed by atoms with Crippen molar-refractivity contribution in [2.24, 2.45) is 10.7 Å². The second-order valence-corrected chi connectivity index (χ2v) is 5.57. The predicted molar refractivity (Wildman–Crippen MR) is 87.9 cm³/mol. The first-order valence-corrected chi connectivity index (χ1v) is 7.61. The Balaban J connectivity index is 2.22. The van der Waals surface area contributed by atoms with Gasteiger partial charge in [0.15, 0.2) is 0 Å². The molecule has 1 heterocycles. The molecule has 1 fully saturated rings. The highest BCUT2D eigenvalue weighted by Crippen LogP contribution is 2.32. The van der Waals surface area contributed by atoms with Gasteiger partial charge in [-0.3, -0.25) is 4.79 Å². The van der Waals surface area contributed by atoms with E-state index in [9.17, 15) is 4.79 Å². The highest BCUT2D eigenvalue weighted by Gasteiger charge is 2.20. The quantitative estimate of drug-likeness (QED) is 0.525. The van der Waals surface area contributed by atoms with Gasteiger partial charge in [0, 0.05) is 38.1 Å². The Kier molecular flexibility index (Phi) is 5.31. The largest absolute Gasteiger partial charge is 0.386 e. The molecular formula is C14H18Cl2N4O. The number of hydrogen-bond donors (Lipinski definition) is 1. The van der Waals surface area contributed by atoms with Gasteiger partial charge >= 0.3 is 0 Å². The molecule has 0 atom stereocenters. The van der Waals surface area contributed by atoms with E-state index < -0.39 is 0 Å². The van der Waals surface area contributed by atoms with Gasteiger partial charge in [-0.25, -0.2) is 4.99 Å². The van der Waals surface area contributed by atoms with Crippen LogP contribution in [0.15, 0.2) is 23.2 Å². The normalized spacial score (nSPS) is 16.2. The fraction of sp³-hybridized carbons (Fsp3) is 0.429. The molecule has 1 aromatic carbocycles. The lowest BCUT2D eigenvalue weighted by Crippen LogP contribution is -2.48. The summed E-state index contributed by atoms with van der Waals surface area (Å²) in [5.74, 6) is 0.627. The number of aliphatic imine (C=N–C) groups is 1. The number of rotatable bonds is 3. The summed E-state index contributed by atoms with van der Waals surface area (Å²) in [4.78, 5) is 19.7. The van der Waals surface area contributed by atoms with E-state index in [4.69, 9.17) is 28.9 Å². The third-order valence-corrected chi connectivity index (χ3v) is 3.91. The number of alkyl halides is 1. The zero-order valence-corrected chi connectivity index (χ0v) is 13.4. The predicted octanol–water partition coefficient (Wildman–Crippen LogP) is 2.24. The molecule has 1 amide bonds. The summed E-state index contributed by atoms with van der Waals surface area (Å²) in [5.41, 5.74) is 7.38. The lowest BCUT2D eigenvalue weighted by molar-refractivity contribution is -0.129. The monoisotopic (exact) mass is 328 g/mol. The lowest BCUT2D eigenvalue weighted by Gasteiger charge is -2.36. The number of nitrogens with zero attached hydrogens (tertiary/aromatic N) is 3. The average molecular weight is 329 g/mol. The van der Waals surface area contributed by atoms with Crippen molar-refractivity contribution in [3.05, 3.63) is 23.2 Å². The molecule has 7 heteroatoms. The van der Waals surface area contributed by atoms with Crippen molar-refractivity contribution < 1.29 is 4.79 Å². The molecule has 1 aliphatic rings. The number of carbonyl (C=O) groups is 1. The van der Waals surface area contributed by atoms with E-state index in [0.29, 0.717) is 29.6 Å². The maximum absolute atomic E-state index is 11.4. The second-order valence-electron chi connectivity index (χ2n) is 4.86. The van der Waals surface area contributed by atoms with Gasteiger partial charge in [-0.1, -0.05) is 11.6 Å². The Labute approximate surface area is 134 Å². The van der Waals surface area contributed by atoms with Crippen LogP contribution in [0.5, 0.6) is 0 Å². The number of carbonyl (C=O) groups excluding carboxylic acids is 1. The van der Waals surface area contributed by atoms with Gasteiger partial charge in [0.05, 0.1) is 17.3 Å². The Morgan fingerprint density at radius 2 is 2.00 bits per heavy atom. The first-order chi connectivity index (χ1) is 10.0. The van der Waals surface area contributed by atoms with Crippen LogP contribution in [0.2, 0.25) is 5.02 Å². The Morgan fingerprint density at radius 3 is 2.57 bits per heavy atom. The minimum atomic E-state index is 0.107. The first kappa shape index (κ1) is 15.9. The molecule has 21 heavy (non-hydrogen) atoms. The van der Waals surface area contributed by atoms with E-state index in [0.717, 1.165) is 18.8 Å². The summed E-state index contributed by atoms with van der Waals surface area (Å²) >= 11 is 11.7. The first-order valence-electron chi connectivity index (χ1n) is 6.70. The van der Waals surface area contributed by atoms with E-state index in [1.165, 1.54) is 0 Å². The summed E-state index contributed by atoms with van der Waals surface area (Å²) < 4.78 is 0. The fourth-order valence-corrected chi connectivity index (χ4v) is 2.53. The van der Waals surface area contributed by atoms with E-state index in [-0.39, 0.29) is 11.8 Å². The summed E-state index contributed by atoms with van der Waals surface area (Å²) in [6, 6.07) is 5.52. The molecule has 0 aliphatic carbocycles. The van der Waals surface area contributed by atoms with Crippen LogP contribution in [0, 0.1) is 0 Å². The van der Waals surface area contributed by atoms with Crippen LogP contribution in [-0.4, -0.2) is 48.7 Å². The van der Waals surface area contributed by atoms with E-state index in [1.54, 1.807) is 13.0 Å². The maximum atomic E-state index is 11.4. The number of anilines is 1. The summed E-state index contributed by atoms with van der Waals surface area (Å²) in [6.45, 7) is 4.50. The van der Waals surface area contributed by atoms with Crippen molar-refractivity contribution in [3.63, 3.8) is 0 Å². The van der Waals surface area contributed by atoms with Crippen LogP contribution in [-0.2, 0) is 4.79 Å². The van der Waals surface area contributed by atoms with Crippen LogP contribution >= 0.6 is 23.2 Å². The van der Waals surface area contributed by atoms with Gasteiger partial charge in [0.25, 0.3) is 0 Å². The standard InChI is InChI=1S/C14H18Cl2N4O/c1-10(21)19-4-6-20(7-5-19)13-3-2-11(16)8-12(13)18-14(17)9-15/h2-3,8H,4-7,9H2,1H3,(H2,17,18). The van der Waals surface area contributed by atoms with Gasteiger partial charge in [-0.15, -0.1) is 11.6 Å². The number of halogens is 2. The molecule has 114 valence electrons. The maximum Gasteiger partial charge on any atom is 0.219 e. The number of piperazine rings is 1. The third kappa shape index (κ3) is 4.02. The summed E-state index contributed by atoms with van der Waals surface area (Å²) in [5, 5.41) is 0.599. The third-order valence-electron chi connectivity index (χ3n) is 3.40. The Bertz CT molecular complexity index is 554. The van der Waals surface area contributed by atoms with Crippen molar-refractivity contribution in [2.75, 3.05) is 37.0 Å². The molecule has 2 N–H and O–H groups in total. The van der Waals surface area contributed by atoms with Crippen LogP contribution in [0.4, 0.5) is 11.4 Å². The van der Waals surface area contributed by atoms with Gasteiger partial charge in [0.1, 0.15) is 5.84 Å². The van der Waals surface area contributed by atoms with Crippen molar-refractivity contribution in [2.45, 2.75) is 6.92 Å². The van der Waals surface area contributed by atoms with E-state index >= 15 is 0 Å². The smallest absolute Gasteiger partial charge is 0.219 e. The zero-order chi connectivity index (χ0) is 15.4. The van der Waals surface area contributed by atoms with Crippen LogP contribution in [0.25, 0.3) is 0 Å². The van der Waals surface area contributed by atoms with Crippen molar-refractivity contribution in [1.29, 1.82) is 0 Å². The van der Waals surface area contributed by atoms with E-state index in [1.807, 2.05) is 17.0 Å². The van der Waals surface area contributed by atoms with Crippen LogP contribution < -0.4 is 10.6 Å². The van der Waals surface area contributed by atoms with E-state index in [2.05, 4.69) is 9.89 Å². The average Bonchev–Trinajstić information content (AvgIpc) is 2.47. The molecule has 1 aliphatic heterocycles. The molecule has 0 radical (unpaired) electrons. The summed E-state index contributed by atoms with van der Waals surface area (Å²) in [7, 11) is 0. The highest BCUT2D eigenvalue weighted by molar-refractivity contribution is 6.31. The van der Waals surface area contributed by atoms with Crippen LogP contribution in [0.1, 0.15) is 6.92 Å². The molecule has 2 rings (SSSR count). The number of amides is 1. The Morgan fingerprint density at radius 1 is 1.33 bits per heavy atom. The molecule has 1 aromatic rings. The molecule has 5 nitrogen and oxygen atoms in total. The molecule has 0 bridgehead atoms. The minimum absolute atomic E-state index is 0.107. The van der Waals surface area contributed by atoms with Gasteiger partial charge in [-0.05, 0) is 18.2 Å². The number of benzene rings is 1. The van der Waals surface area contributed by atoms with Crippen molar-refractivity contribution in [3.8, 4) is 0 Å². The molecule has 1 saturated heterocycles. The Hall–Kier alpha value is -1.46. The minimum Gasteiger partial charge on any atom is -0.386 e. The van der Waals surface area contributed by atoms with Crippen LogP contribution in [0.3, 0.4) is 0 Å². The van der Waals surface area contributed by atoms with Gasteiger partial charge in [-0.2, -0.15) is 0 Å². The lowest BCUT2D eigenvalue weighted by atomic mass is 10.2. The van der Waals surface area contributed by atoms with Gasteiger partial charge in [0.2, 0.25) is 5.91 Å². The van der Waals surface area contributed by atoms with Crippen molar-refractivity contribution >= 4 is 46.3 Å². The topological polar surface area (TPSA) is 61.9 Å². The summed E-state index contributed by atoms with van der Waals surface area (Å²) in [6.07, 6.45) is 0. The second kappa shape index (κ2) is 7.00. The number of amidine groups is 1. The number of nitrogens with two attached hydrogens (primary N) is 1. The van der Waals surface area contributed by atoms with Gasteiger partial charge < -0.3 is 15.5 Å². The molecule has 0 aromatic heterocycles. The highest BCUT2D eigenvalue weighted by atomic mass is 35.5. The van der Waals surface area contributed by atoms with Crippen molar-refractivity contribution in [1.82, 2.24) is 4.90 Å². The zero-order valence-electron chi connectivity index (χ0n) is 11.9. The molecular weight excluding hydrogens is 311 g/mol.